The number of hydrogen-bond acceptors (Lipinski definition) is 3. The molecule has 0 saturated carbocycles. The van der Waals surface area contributed by atoms with Crippen LogP contribution in [0, 0.1) is 3.57 Å². The van der Waals surface area contributed by atoms with E-state index >= 15 is 0 Å². The fourth-order valence-corrected chi connectivity index (χ4v) is 2.21. The lowest BCUT2D eigenvalue weighted by Crippen LogP contribution is -2.14. The summed E-state index contributed by atoms with van der Waals surface area (Å²) in [6.45, 7) is 0. The molecule has 0 aliphatic heterocycles. The predicted octanol–water partition coefficient (Wildman–Crippen LogP) is 3.28. The Morgan fingerprint density at radius 2 is 2.17 bits per heavy atom. The minimum atomic E-state index is -0.275. The van der Waals surface area contributed by atoms with Crippen molar-refractivity contribution in [2.75, 3.05) is 11.1 Å². The molecule has 2 rings (SSSR count). The minimum Gasteiger partial charge on any atom is -0.398 e. The van der Waals surface area contributed by atoms with Crippen LogP contribution in [0.2, 0.25) is 0 Å². The molecule has 1 aromatic carbocycles. The van der Waals surface area contributed by atoms with E-state index in [4.69, 9.17) is 5.73 Å². The maximum absolute atomic E-state index is 12.0. The lowest BCUT2D eigenvalue weighted by molar-refractivity contribution is 0.102. The Hall–Kier alpha value is -1.15. The molecule has 0 spiro atoms. The van der Waals surface area contributed by atoms with Gasteiger partial charge in [-0.15, -0.1) is 0 Å². The van der Waals surface area contributed by atoms with E-state index < -0.39 is 0 Å². The van der Waals surface area contributed by atoms with Crippen molar-refractivity contribution in [3.63, 3.8) is 0 Å². The topological polar surface area (TPSA) is 68.0 Å². The molecule has 0 unspecified atom stereocenters. The smallest absolute Gasteiger partial charge is 0.259 e. The highest BCUT2D eigenvalue weighted by atomic mass is 127. The summed E-state index contributed by atoms with van der Waals surface area (Å²) in [5.41, 5.74) is 7.20. The number of rotatable bonds is 2. The Morgan fingerprint density at radius 1 is 1.39 bits per heavy atom. The highest BCUT2D eigenvalue weighted by Crippen LogP contribution is 2.25. The van der Waals surface area contributed by atoms with E-state index in [1.807, 2.05) is 18.2 Å². The molecule has 4 nitrogen and oxygen atoms in total. The first-order valence-corrected chi connectivity index (χ1v) is 6.91. The Kier molecular flexibility index (Phi) is 4.18. The van der Waals surface area contributed by atoms with Crippen LogP contribution in [-0.4, -0.2) is 10.9 Å². The SMILES string of the molecule is Nc1ccncc1C(=O)Nc1cc(I)ccc1Br. The Morgan fingerprint density at radius 3 is 2.89 bits per heavy atom. The summed E-state index contributed by atoms with van der Waals surface area (Å²) < 4.78 is 1.85. The number of nitrogen functional groups attached to an aromatic ring is 1. The Bertz CT molecular complexity index is 604. The van der Waals surface area contributed by atoms with Crippen LogP contribution in [0.5, 0.6) is 0 Å². The first-order chi connectivity index (χ1) is 8.58. The molecule has 3 N–H and O–H groups in total. The van der Waals surface area contributed by atoms with E-state index in [0.717, 1.165) is 8.04 Å². The fourth-order valence-electron chi connectivity index (χ4n) is 1.38. The number of anilines is 2. The van der Waals surface area contributed by atoms with Gasteiger partial charge in [-0.3, -0.25) is 9.78 Å². The van der Waals surface area contributed by atoms with Crippen molar-refractivity contribution in [1.82, 2.24) is 4.98 Å². The van der Waals surface area contributed by atoms with Crippen LogP contribution in [0.4, 0.5) is 11.4 Å². The van der Waals surface area contributed by atoms with Gasteiger partial charge in [-0.25, -0.2) is 0 Å². The van der Waals surface area contributed by atoms with Gasteiger partial charge in [-0.05, 0) is 62.8 Å². The molecule has 18 heavy (non-hydrogen) atoms. The van der Waals surface area contributed by atoms with Crippen LogP contribution in [0.25, 0.3) is 0 Å². The van der Waals surface area contributed by atoms with Crippen molar-refractivity contribution in [3.8, 4) is 0 Å². The second-order valence-corrected chi connectivity index (χ2v) is 5.64. The van der Waals surface area contributed by atoms with E-state index in [9.17, 15) is 4.79 Å². The zero-order chi connectivity index (χ0) is 13.1. The molecule has 1 aromatic heterocycles. The third kappa shape index (κ3) is 2.99. The van der Waals surface area contributed by atoms with Gasteiger partial charge in [0.2, 0.25) is 0 Å². The molecule has 2 aromatic rings. The lowest BCUT2D eigenvalue weighted by Gasteiger charge is -2.09. The summed E-state index contributed by atoms with van der Waals surface area (Å²) in [6.07, 6.45) is 3.00. The van der Waals surface area contributed by atoms with Gasteiger partial charge < -0.3 is 11.1 Å². The van der Waals surface area contributed by atoms with Crippen molar-refractivity contribution in [2.24, 2.45) is 0 Å². The van der Waals surface area contributed by atoms with Crippen LogP contribution < -0.4 is 11.1 Å². The highest BCUT2D eigenvalue weighted by molar-refractivity contribution is 14.1. The first-order valence-electron chi connectivity index (χ1n) is 5.04. The van der Waals surface area contributed by atoms with E-state index in [-0.39, 0.29) is 5.91 Å². The number of nitrogens with two attached hydrogens (primary N) is 1. The molecular weight excluding hydrogens is 409 g/mol. The minimum absolute atomic E-state index is 0.275. The van der Waals surface area contributed by atoms with Gasteiger partial charge in [-0.1, -0.05) is 0 Å². The largest absolute Gasteiger partial charge is 0.398 e. The average molecular weight is 418 g/mol. The summed E-state index contributed by atoms with van der Waals surface area (Å²) in [7, 11) is 0. The molecule has 92 valence electrons. The molecule has 0 fully saturated rings. The summed E-state index contributed by atoms with van der Waals surface area (Å²) in [6, 6.07) is 7.29. The normalized spacial score (nSPS) is 10.1. The third-order valence-electron chi connectivity index (χ3n) is 2.28. The quantitative estimate of drug-likeness (QED) is 0.736. The molecule has 0 saturated heterocycles. The molecule has 6 heteroatoms. The second-order valence-electron chi connectivity index (χ2n) is 3.54. The lowest BCUT2D eigenvalue weighted by atomic mass is 10.2. The van der Waals surface area contributed by atoms with Crippen LogP contribution in [0.3, 0.4) is 0 Å². The molecule has 1 amide bonds. The number of benzene rings is 1. The van der Waals surface area contributed by atoms with E-state index in [1.165, 1.54) is 6.20 Å². The summed E-state index contributed by atoms with van der Waals surface area (Å²) in [4.78, 5) is 15.9. The zero-order valence-electron chi connectivity index (χ0n) is 9.15. The Labute approximate surface area is 126 Å². The highest BCUT2D eigenvalue weighted by Gasteiger charge is 2.11. The van der Waals surface area contributed by atoms with Gasteiger partial charge >= 0.3 is 0 Å². The number of amides is 1. The number of hydrogen-bond donors (Lipinski definition) is 2. The molecule has 0 aliphatic carbocycles. The third-order valence-corrected chi connectivity index (χ3v) is 3.64. The standard InChI is InChI=1S/C12H9BrIN3O/c13-9-2-1-7(14)5-11(9)17-12(18)8-6-16-4-3-10(8)15/h1-6H,(H2,15,16)(H,17,18). The maximum Gasteiger partial charge on any atom is 0.259 e. The number of carbonyl (C=O) groups is 1. The summed E-state index contributed by atoms with van der Waals surface area (Å²) in [5.74, 6) is -0.275. The van der Waals surface area contributed by atoms with Crippen LogP contribution >= 0.6 is 38.5 Å². The summed E-state index contributed by atoms with van der Waals surface area (Å²) in [5, 5.41) is 2.80. The van der Waals surface area contributed by atoms with Crippen LogP contribution in [0.1, 0.15) is 10.4 Å². The number of carbonyl (C=O) groups excluding carboxylic acids is 1. The van der Waals surface area contributed by atoms with E-state index in [1.54, 1.807) is 12.3 Å². The average Bonchev–Trinajstić information content (AvgIpc) is 2.34. The van der Waals surface area contributed by atoms with Crippen molar-refractivity contribution in [3.05, 3.63) is 50.3 Å². The van der Waals surface area contributed by atoms with Crippen LogP contribution in [-0.2, 0) is 0 Å². The zero-order valence-corrected chi connectivity index (χ0v) is 12.9. The van der Waals surface area contributed by atoms with Gasteiger partial charge in [0.05, 0.1) is 11.3 Å². The van der Waals surface area contributed by atoms with Crippen molar-refractivity contribution < 1.29 is 4.79 Å². The van der Waals surface area contributed by atoms with E-state index in [2.05, 4.69) is 48.8 Å². The van der Waals surface area contributed by atoms with Crippen molar-refractivity contribution >= 4 is 55.8 Å². The molecule has 0 radical (unpaired) electrons. The number of halogens is 2. The fraction of sp³-hybridized carbons (Fsp3) is 0. The van der Waals surface area contributed by atoms with Gasteiger partial charge in [0, 0.05) is 26.1 Å². The second kappa shape index (κ2) is 5.66. The summed E-state index contributed by atoms with van der Waals surface area (Å²) >= 11 is 5.57. The van der Waals surface area contributed by atoms with Gasteiger partial charge in [0.1, 0.15) is 0 Å². The number of nitrogens with zero attached hydrogens (tertiary/aromatic N) is 1. The van der Waals surface area contributed by atoms with Gasteiger partial charge in [-0.2, -0.15) is 0 Å². The van der Waals surface area contributed by atoms with Crippen molar-refractivity contribution in [2.45, 2.75) is 0 Å². The maximum atomic E-state index is 12.0. The number of pyridine rings is 1. The van der Waals surface area contributed by atoms with Crippen molar-refractivity contribution in [1.29, 1.82) is 0 Å². The molecule has 1 heterocycles. The van der Waals surface area contributed by atoms with Gasteiger partial charge in [0.25, 0.3) is 5.91 Å². The molecule has 0 bridgehead atoms. The van der Waals surface area contributed by atoms with Gasteiger partial charge in [0.15, 0.2) is 0 Å². The number of nitrogens with one attached hydrogen (secondary N) is 1. The first kappa shape index (κ1) is 13.3. The Balaban J connectivity index is 2.27. The molecular formula is C12H9BrIN3O. The molecule has 0 atom stereocenters. The molecule has 0 aliphatic rings. The predicted molar refractivity (Wildman–Crippen MR) is 83.5 cm³/mol. The number of aromatic nitrogens is 1. The van der Waals surface area contributed by atoms with E-state index in [0.29, 0.717) is 16.9 Å². The monoisotopic (exact) mass is 417 g/mol. The van der Waals surface area contributed by atoms with Crippen LogP contribution in [0.15, 0.2) is 41.1 Å².